The largest absolute Gasteiger partial charge is 0.488 e. The number of hydrogen-bond donors (Lipinski definition) is 2. The summed E-state index contributed by atoms with van der Waals surface area (Å²) in [6, 6.07) is 16.1. The zero-order chi connectivity index (χ0) is 36.1. The SMILES string of the molecule is Cc1c(COc2cc(OCc3cncc(C(=O)NS(C)(=O)=O)c3)c(CN3CCCC[C@H]3C(=O)O)cc2Cl)cccc1-c1ccc2c(c1)OCCO2. The van der Waals surface area contributed by atoms with Crippen LogP contribution in [0.2, 0.25) is 5.02 Å². The van der Waals surface area contributed by atoms with Gasteiger partial charge in [0.15, 0.2) is 11.5 Å². The molecule has 0 spiro atoms. The number of carbonyl (C=O) groups is 2. The van der Waals surface area contributed by atoms with E-state index in [0.717, 1.165) is 47.1 Å². The molecule has 0 aliphatic carbocycles. The number of pyridine rings is 1. The number of aliphatic carboxylic acids is 1. The van der Waals surface area contributed by atoms with Crippen molar-refractivity contribution in [2.45, 2.75) is 52.0 Å². The first-order chi connectivity index (χ1) is 24.4. The number of nitrogens with zero attached hydrogens (tertiary/aromatic N) is 2. The molecule has 4 aromatic rings. The molecule has 14 heteroatoms. The van der Waals surface area contributed by atoms with E-state index >= 15 is 0 Å². The van der Waals surface area contributed by atoms with Crippen molar-refractivity contribution in [1.29, 1.82) is 0 Å². The van der Waals surface area contributed by atoms with Crippen LogP contribution in [0.3, 0.4) is 0 Å². The normalized spacial score (nSPS) is 15.9. The molecule has 1 saturated heterocycles. The zero-order valence-corrected chi connectivity index (χ0v) is 29.8. The molecule has 1 atom stereocenters. The fourth-order valence-electron chi connectivity index (χ4n) is 6.22. The molecule has 0 unspecified atom stereocenters. The highest BCUT2D eigenvalue weighted by atomic mass is 35.5. The molecular weight excluding hydrogens is 698 g/mol. The number of nitrogens with one attached hydrogen (secondary N) is 1. The number of aromatic nitrogens is 1. The molecule has 1 aromatic heterocycles. The number of fused-ring (bicyclic) bond motifs is 1. The molecule has 2 N–H and O–H groups in total. The minimum atomic E-state index is -3.77. The van der Waals surface area contributed by atoms with Crippen LogP contribution in [0.15, 0.2) is 67.0 Å². The zero-order valence-electron chi connectivity index (χ0n) is 28.2. The number of benzene rings is 3. The van der Waals surface area contributed by atoms with E-state index in [4.69, 9.17) is 30.5 Å². The molecule has 51 heavy (non-hydrogen) atoms. The first-order valence-corrected chi connectivity index (χ1v) is 18.7. The van der Waals surface area contributed by atoms with Gasteiger partial charge < -0.3 is 24.1 Å². The van der Waals surface area contributed by atoms with Crippen molar-refractivity contribution in [3.63, 3.8) is 0 Å². The molecular formula is C37H38ClN3O9S. The van der Waals surface area contributed by atoms with E-state index in [-0.39, 0.29) is 25.3 Å². The van der Waals surface area contributed by atoms with Crippen LogP contribution in [-0.4, -0.2) is 67.3 Å². The standard InChI is InChI=1S/C37H38ClN3O9S/c1-23-26(6-5-7-29(23)25-9-10-32-35(16-25)48-13-12-47-32)22-50-34-17-33(28(15-30(34)38)20-41-11-4-3-8-31(41)37(43)44)49-21-24-14-27(19-39-18-24)36(42)40-51(2,45)46/h5-7,9-10,14-19,31H,3-4,8,11-13,20-22H2,1-2H3,(H,40,42)(H,43,44)/t31-/m0/s1. The van der Waals surface area contributed by atoms with Crippen molar-refractivity contribution in [3.8, 4) is 34.1 Å². The fourth-order valence-corrected chi connectivity index (χ4v) is 6.92. The van der Waals surface area contributed by atoms with Crippen LogP contribution in [0.25, 0.3) is 11.1 Å². The molecule has 12 nitrogen and oxygen atoms in total. The Labute approximate surface area is 301 Å². The molecule has 3 aromatic carbocycles. The summed E-state index contributed by atoms with van der Waals surface area (Å²) in [6.07, 6.45) is 5.90. The molecule has 2 aliphatic rings. The Kier molecular flexibility index (Phi) is 11.0. The number of hydrogen-bond acceptors (Lipinski definition) is 10. The topological polar surface area (TPSA) is 154 Å². The maximum absolute atomic E-state index is 12.4. The first kappa shape index (κ1) is 36.0. The van der Waals surface area contributed by atoms with Gasteiger partial charge in [-0.1, -0.05) is 42.3 Å². The molecule has 268 valence electrons. The number of rotatable bonds is 12. The molecule has 1 amide bonds. The predicted octanol–water partition coefficient (Wildman–Crippen LogP) is 5.77. The summed E-state index contributed by atoms with van der Waals surface area (Å²) in [5, 5.41) is 10.2. The van der Waals surface area contributed by atoms with Crippen molar-refractivity contribution in [2.75, 3.05) is 26.0 Å². The highest BCUT2D eigenvalue weighted by Gasteiger charge is 2.29. The summed E-state index contributed by atoms with van der Waals surface area (Å²) < 4.78 is 49.1. The lowest BCUT2D eigenvalue weighted by Gasteiger charge is -2.33. The summed E-state index contributed by atoms with van der Waals surface area (Å²) >= 11 is 6.80. The third-order valence-electron chi connectivity index (χ3n) is 8.80. The van der Waals surface area contributed by atoms with Crippen LogP contribution in [0, 0.1) is 6.92 Å². The molecule has 3 heterocycles. The quantitative estimate of drug-likeness (QED) is 0.182. The van der Waals surface area contributed by atoms with E-state index in [9.17, 15) is 23.1 Å². The highest BCUT2D eigenvalue weighted by molar-refractivity contribution is 7.89. The van der Waals surface area contributed by atoms with E-state index in [2.05, 4.69) is 4.98 Å². The highest BCUT2D eigenvalue weighted by Crippen LogP contribution is 2.38. The number of ether oxygens (including phenoxy) is 4. The number of carboxylic acids is 1. The van der Waals surface area contributed by atoms with Crippen LogP contribution in [0.1, 0.15) is 51.9 Å². The summed E-state index contributed by atoms with van der Waals surface area (Å²) in [6.45, 7) is 4.10. The Morgan fingerprint density at radius 2 is 1.76 bits per heavy atom. The monoisotopic (exact) mass is 735 g/mol. The lowest BCUT2D eigenvalue weighted by molar-refractivity contribution is -0.144. The molecule has 2 aliphatic heterocycles. The second-order valence-electron chi connectivity index (χ2n) is 12.5. The number of piperidine rings is 1. The van der Waals surface area contributed by atoms with Gasteiger partial charge in [0.2, 0.25) is 10.0 Å². The number of carbonyl (C=O) groups excluding carboxylic acids is 1. The fraction of sp³-hybridized carbons (Fsp3) is 0.324. The van der Waals surface area contributed by atoms with E-state index in [1.54, 1.807) is 12.1 Å². The van der Waals surface area contributed by atoms with E-state index in [1.807, 2.05) is 52.9 Å². The van der Waals surface area contributed by atoms with Gasteiger partial charge in [-0.2, -0.15) is 0 Å². The van der Waals surface area contributed by atoms with Gasteiger partial charge in [-0.25, -0.2) is 13.1 Å². The number of amides is 1. The summed E-state index contributed by atoms with van der Waals surface area (Å²) in [5.41, 5.74) is 5.20. The molecule has 0 bridgehead atoms. The van der Waals surface area contributed by atoms with Crippen molar-refractivity contribution in [3.05, 3.63) is 99.8 Å². The van der Waals surface area contributed by atoms with Crippen LogP contribution in [0.4, 0.5) is 0 Å². The third kappa shape index (κ3) is 8.91. The average molecular weight is 736 g/mol. The third-order valence-corrected chi connectivity index (χ3v) is 9.65. The van der Waals surface area contributed by atoms with Gasteiger partial charge in [0, 0.05) is 36.1 Å². The Morgan fingerprint density at radius 3 is 2.55 bits per heavy atom. The Bertz CT molecular complexity index is 2060. The number of halogens is 1. The lowest BCUT2D eigenvalue weighted by atomic mass is 9.96. The Hall–Kier alpha value is -4.85. The van der Waals surface area contributed by atoms with Crippen LogP contribution < -0.4 is 23.7 Å². The second-order valence-corrected chi connectivity index (χ2v) is 14.7. The van der Waals surface area contributed by atoms with Crippen LogP contribution in [-0.2, 0) is 34.6 Å². The number of carboxylic acid groups (broad SMARTS) is 1. The summed E-state index contributed by atoms with van der Waals surface area (Å²) in [7, 11) is -3.77. The van der Waals surface area contributed by atoms with Gasteiger partial charge in [-0.3, -0.25) is 19.5 Å². The van der Waals surface area contributed by atoms with Gasteiger partial charge in [-0.05, 0) is 72.8 Å². The lowest BCUT2D eigenvalue weighted by Crippen LogP contribution is -2.44. The maximum atomic E-state index is 12.4. The van der Waals surface area contributed by atoms with Gasteiger partial charge in [0.05, 0.1) is 16.8 Å². The van der Waals surface area contributed by atoms with Crippen molar-refractivity contribution in [2.24, 2.45) is 0 Å². The Balaban J connectivity index is 1.25. The molecule has 6 rings (SSSR count). The van der Waals surface area contributed by atoms with Gasteiger partial charge in [-0.15, -0.1) is 0 Å². The second kappa shape index (κ2) is 15.6. The van der Waals surface area contributed by atoms with Gasteiger partial charge in [0.1, 0.15) is 44.0 Å². The van der Waals surface area contributed by atoms with E-state index < -0.39 is 27.9 Å². The van der Waals surface area contributed by atoms with Crippen LogP contribution >= 0.6 is 11.6 Å². The first-order valence-electron chi connectivity index (χ1n) is 16.4. The van der Waals surface area contributed by atoms with Gasteiger partial charge >= 0.3 is 5.97 Å². The summed E-state index contributed by atoms with van der Waals surface area (Å²) in [5.74, 6) is 0.515. The number of sulfonamides is 1. The van der Waals surface area contributed by atoms with Gasteiger partial charge in [0.25, 0.3) is 5.91 Å². The molecule has 0 saturated carbocycles. The minimum Gasteiger partial charge on any atom is -0.488 e. The predicted molar refractivity (Wildman–Crippen MR) is 190 cm³/mol. The Morgan fingerprint density at radius 1 is 0.980 bits per heavy atom. The van der Waals surface area contributed by atoms with E-state index in [0.29, 0.717) is 59.6 Å². The van der Waals surface area contributed by atoms with Crippen molar-refractivity contribution >= 4 is 33.5 Å². The molecule has 1 fully saturated rings. The maximum Gasteiger partial charge on any atom is 0.320 e. The van der Waals surface area contributed by atoms with Crippen LogP contribution in [0.5, 0.6) is 23.0 Å². The summed E-state index contributed by atoms with van der Waals surface area (Å²) in [4.78, 5) is 30.5. The van der Waals surface area contributed by atoms with E-state index in [1.165, 1.54) is 18.5 Å². The van der Waals surface area contributed by atoms with Crippen molar-refractivity contribution < 1.29 is 42.1 Å². The average Bonchev–Trinajstić information content (AvgIpc) is 3.10. The van der Waals surface area contributed by atoms with Crippen molar-refractivity contribution in [1.82, 2.24) is 14.6 Å². The molecule has 0 radical (unpaired) electrons. The minimum absolute atomic E-state index is 0.0277. The smallest absolute Gasteiger partial charge is 0.320 e. The number of likely N-dealkylation sites (tertiary alicyclic amines) is 1.